The Kier molecular flexibility index (Phi) is 10.2. The van der Waals surface area contributed by atoms with Crippen LogP contribution in [0.25, 0.3) is 11.0 Å². The highest BCUT2D eigenvalue weighted by atomic mass is 35.5. The van der Waals surface area contributed by atoms with E-state index in [1.807, 2.05) is 12.2 Å². The number of alkyl carbamates (subject to hydrolysis) is 1. The fraction of sp³-hybridized carbons (Fsp3) is 0.571. The third kappa shape index (κ3) is 8.52. The van der Waals surface area contributed by atoms with Crippen molar-refractivity contribution in [3.05, 3.63) is 47.2 Å². The molecule has 1 aromatic carbocycles. The quantitative estimate of drug-likeness (QED) is 0.319. The molecule has 2 aliphatic heterocycles. The first-order chi connectivity index (χ1) is 24.0. The van der Waals surface area contributed by atoms with Gasteiger partial charge in [-0.1, -0.05) is 36.6 Å². The van der Waals surface area contributed by atoms with Crippen LogP contribution in [-0.4, -0.2) is 84.1 Å². The lowest BCUT2D eigenvalue weighted by molar-refractivity contribution is -0.141. The van der Waals surface area contributed by atoms with E-state index in [-0.39, 0.29) is 31.6 Å². The standard InChI is InChI=1S/C35H44ClN5O9S/c1-34(2,3)50-33(46)38-25-10-8-6-4-5-7-9-21-18-35(21,32(45)40-51(47,48)24-12-13-24)39-29(42)26-17-23(19-41(26)31(25)44)37-30(43)28-16-20-15-22(36)11-14-27(20)49-28/h7,9,11,14-16,21,23-26H,4-6,8,10,12-13,17-19H2,1-3H3,(H,37,43)(H,38,46)(H,39,42)(H,40,45)/b9-7-/t21-,23-,25+,26+,35-/m1/s1. The molecule has 1 aromatic heterocycles. The SMILES string of the molecule is CC(C)(C)OC(=O)N[C@H]1CCCCC/C=C\[C@@H]2C[C@@]2(C(=O)NS(=O)(=O)C2CC2)NC(=O)[C@@H]2C[C@@H](NC(=O)c3cc4cc(Cl)ccc4o3)CN2C1=O. The Bertz CT molecular complexity index is 1870. The molecule has 0 unspecified atom stereocenters. The van der Waals surface area contributed by atoms with Gasteiger partial charge in [-0.25, -0.2) is 13.2 Å². The number of hydrogen-bond donors (Lipinski definition) is 4. The Hall–Kier alpha value is -4.11. The monoisotopic (exact) mass is 745 g/mol. The van der Waals surface area contributed by atoms with Crippen molar-refractivity contribution in [2.75, 3.05) is 6.54 Å². The summed E-state index contributed by atoms with van der Waals surface area (Å²) in [6.45, 7) is 5.03. The zero-order valence-electron chi connectivity index (χ0n) is 28.8. The topological polar surface area (TPSA) is 193 Å². The van der Waals surface area contributed by atoms with Crippen molar-refractivity contribution < 1.29 is 41.5 Å². The summed E-state index contributed by atoms with van der Waals surface area (Å²) < 4.78 is 38.8. The van der Waals surface area contributed by atoms with Crippen LogP contribution in [0.15, 0.2) is 40.8 Å². The van der Waals surface area contributed by atoms with Crippen molar-refractivity contribution in [1.82, 2.24) is 25.6 Å². The van der Waals surface area contributed by atoms with Crippen LogP contribution < -0.4 is 20.7 Å². The number of fused-ring (bicyclic) bond motifs is 3. The zero-order chi connectivity index (χ0) is 36.7. The van der Waals surface area contributed by atoms with E-state index in [9.17, 15) is 32.4 Å². The number of furan rings is 1. The first kappa shape index (κ1) is 36.7. The van der Waals surface area contributed by atoms with Gasteiger partial charge in [-0.15, -0.1) is 0 Å². The van der Waals surface area contributed by atoms with E-state index < -0.39 is 80.2 Å². The van der Waals surface area contributed by atoms with Gasteiger partial charge in [0.1, 0.15) is 28.8 Å². The van der Waals surface area contributed by atoms with Crippen LogP contribution in [0.1, 0.15) is 89.1 Å². The van der Waals surface area contributed by atoms with Crippen LogP contribution in [0, 0.1) is 5.92 Å². The summed E-state index contributed by atoms with van der Waals surface area (Å²) in [6, 6.07) is 3.56. The number of carbonyl (C=O) groups excluding carboxylic acids is 5. The second-order valence-corrected chi connectivity index (χ2v) is 17.3. The molecule has 2 saturated carbocycles. The fourth-order valence-electron chi connectivity index (χ4n) is 6.74. The van der Waals surface area contributed by atoms with Crippen LogP contribution in [0.3, 0.4) is 0 Å². The maximum atomic E-state index is 14.3. The number of sulfonamides is 1. The van der Waals surface area contributed by atoms with E-state index in [0.29, 0.717) is 41.7 Å². The minimum atomic E-state index is -3.90. The number of carbonyl (C=O) groups is 5. The number of nitrogens with one attached hydrogen (secondary N) is 4. The van der Waals surface area contributed by atoms with E-state index in [4.69, 9.17) is 20.8 Å². The lowest BCUT2D eigenvalue weighted by atomic mass is 10.0. The van der Waals surface area contributed by atoms with Crippen molar-refractivity contribution in [3.8, 4) is 0 Å². The average Bonchev–Trinajstić information content (AvgIpc) is 3.93. The Balaban J connectivity index is 1.27. The number of nitrogens with zero attached hydrogens (tertiary/aromatic N) is 1. The summed E-state index contributed by atoms with van der Waals surface area (Å²) >= 11 is 6.09. The van der Waals surface area contributed by atoms with Crippen LogP contribution in [-0.2, 0) is 29.1 Å². The van der Waals surface area contributed by atoms with Gasteiger partial charge < -0.3 is 30.0 Å². The molecule has 0 bridgehead atoms. The molecule has 4 aliphatic rings. The van der Waals surface area contributed by atoms with Gasteiger partial charge in [-0.3, -0.25) is 23.9 Å². The largest absolute Gasteiger partial charge is 0.451 e. The van der Waals surface area contributed by atoms with Crippen LogP contribution in [0.2, 0.25) is 5.02 Å². The first-order valence-corrected chi connectivity index (χ1v) is 19.3. The molecule has 0 spiro atoms. The van der Waals surface area contributed by atoms with Crippen molar-refractivity contribution in [2.45, 2.75) is 113 Å². The maximum absolute atomic E-state index is 14.3. The third-order valence-corrected chi connectivity index (χ3v) is 11.7. The summed E-state index contributed by atoms with van der Waals surface area (Å²) in [5, 5.41) is 8.81. The van der Waals surface area contributed by atoms with Gasteiger partial charge in [0, 0.05) is 28.9 Å². The van der Waals surface area contributed by atoms with E-state index >= 15 is 0 Å². The van der Waals surface area contributed by atoms with Crippen molar-refractivity contribution in [1.29, 1.82) is 0 Å². The highest BCUT2D eigenvalue weighted by Gasteiger charge is 2.62. The van der Waals surface area contributed by atoms with Crippen LogP contribution >= 0.6 is 11.6 Å². The summed E-state index contributed by atoms with van der Waals surface area (Å²) in [5.74, 6) is -3.07. The highest BCUT2D eigenvalue weighted by molar-refractivity contribution is 7.91. The normalized spacial score (nSPS) is 28.0. The van der Waals surface area contributed by atoms with Crippen molar-refractivity contribution >= 4 is 62.3 Å². The van der Waals surface area contributed by atoms with E-state index in [1.165, 1.54) is 4.90 Å². The lowest BCUT2D eigenvalue weighted by Gasteiger charge is -2.30. The molecule has 16 heteroatoms. The molecule has 276 valence electrons. The predicted molar refractivity (Wildman–Crippen MR) is 187 cm³/mol. The van der Waals surface area contributed by atoms with Gasteiger partial charge in [-0.05, 0) is 90.0 Å². The van der Waals surface area contributed by atoms with Crippen molar-refractivity contribution in [2.24, 2.45) is 5.92 Å². The summed E-state index contributed by atoms with van der Waals surface area (Å²) in [6.07, 6.45) is 7.09. The smallest absolute Gasteiger partial charge is 0.408 e. The number of amides is 5. The molecule has 6 rings (SSSR count). The second-order valence-electron chi connectivity index (χ2n) is 14.9. The zero-order valence-corrected chi connectivity index (χ0v) is 30.4. The maximum Gasteiger partial charge on any atom is 0.408 e. The molecule has 51 heavy (non-hydrogen) atoms. The van der Waals surface area contributed by atoms with Gasteiger partial charge in [0.25, 0.3) is 11.8 Å². The molecule has 4 N–H and O–H groups in total. The number of benzene rings is 1. The van der Waals surface area contributed by atoms with Gasteiger partial charge in [0.05, 0.1) is 5.25 Å². The Morgan fingerprint density at radius 2 is 1.82 bits per heavy atom. The Morgan fingerprint density at radius 3 is 2.55 bits per heavy atom. The summed E-state index contributed by atoms with van der Waals surface area (Å²) in [4.78, 5) is 69.6. The molecule has 5 amide bonds. The van der Waals surface area contributed by atoms with E-state index in [0.717, 1.165) is 12.8 Å². The molecule has 3 heterocycles. The molecule has 2 aromatic rings. The molecular formula is C35H44ClN5O9S. The number of rotatable bonds is 6. The van der Waals surface area contributed by atoms with Crippen molar-refractivity contribution in [3.63, 3.8) is 0 Å². The molecule has 0 radical (unpaired) electrons. The van der Waals surface area contributed by atoms with Gasteiger partial charge in [-0.2, -0.15) is 0 Å². The minimum absolute atomic E-state index is 0.0112. The van der Waals surface area contributed by atoms with Gasteiger partial charge >= 0.3 is 6.09 Å². The molecular weight excluding hydrogens is 702 g/mol. The minimum Gasteiger partial charge on any atom is -0.451 e. The second kappa shape index (κ2) is 14.1. The molecule has 5 atom stereocenters. The number of ether oxygens (including phenoxy) is 1. The number of allylic oxidation sites excluding steroid dienone is 1. The predicted octanol–water partition coefficient (Wildman–Crippen LogP) is 3.68. The number of halogens is 1. The fourth-order valence-corrected chi connectivity index (χ4v) is 8.28. The Labute approximate surface area is 301 Å². The van der Waals surface area contributed by atoms with Crippen LogP contribution in [0.5, 0.6) is 0 Å². The van der Waals surface area contributed by atoms with Gasteiger partial charge in [0.2, 0.25) is 21.8 Å². The Morgan fingerprint density at radius 1 is 1.06 bits per heavy atom. The molecule has 1 saturated heterocycles. The highest BCUT2D eigenvalue weighted by Crippen LogP contribution is 2.46. The molecule has 3 fully saturated rings. The number of hydrogen-bond acceptors (Lipinski definition) is 9. The summed E-state index contributed by atoms with van der Waals surface area (Å²) in [5.41, 5.74) is -1.90. The molecule has 14 nitrogen and oxygen atoms in total. The lowest BCUT2D eigenvalue weighted by Crippen LogP contribution is -2.58. The van der Waals surface area contributed by atoms with Crippen LogP contribution in [0.4, 0.5) is 4.79 Å². The van der Waals surface area contributed by atoms with Gasteiger partial charge in [0.15, 0.2) is 5.76 Å². The van der Waals surface area contributed by atoms with E-state index in [2.05, 4.69) is 20.7 Å². The first-order valence-electron chi connectivity index (χ1n) is 17.4. The molecule has 2 aliphatic carbocycles. The van der Waals surface area contributed by atoms with E-state index in [1.54, 1.807) is 45.0 Å². The average molecular weight is 746 g/mol. The summed E-state index contributed by atoms with van der Waals surface area (Å²) in [7, 11) is -3.90. The third-order valence-electron chi connectivity index (χ3n) is 9.61.